The number of nitrogens with zero attached hydrogens (tertiary/aromatic N) is 1. The molecule has 25 heavy (non-hydrogen) atoms. The minimum Gasteiger partial charge on any atom is -0.483 e. The first-order valence-corrected chi connectivity index (χ1v) is 8.50. The lowest BCUT2D eigenvalue weighted by molar-refractivity contribution is -0.118. The van der Waals surface area contributed by atoms with E-state index in [-0.39, 0.29) is 18.4 Å². The Bertz CT molecular complexity index is 801. The molecule has 2 aromatic carbocycles. The standard InChI is InChI=1S/C20H22N2O3/c1-3-15-6-4-5-7-19(15)25-13-20(24)21-17-8-9-18-16(12-17)10-11-22(18)14(2)23/h4-9,12H,3,10-11,13H2,1-2H3,(H,21,24). The first-order chi connectivity index (χ1) is 12.1. The van der Waals surface area contributed by atoms with Crippen LogP contribution in [0.5, 0.6) is 5.75 Å². The van der Waals surface area contributed by atoms with E-state index in [1.807, 2.05) is 42.5 Å². The summed E-state index contributed by atoms with van der Waals surface area (Å²) in [6, 6.07) is 13.3. The van der Waals surface area contributed by atoms with E-state index in [1.54, 1.807) is 11.8 Å². The Hall–Kier alpha value is -2.82. The van der Waals surface area contributed by atoms with Gasteiger partial charge in [0.25, 0.3) is 5.91 Å². The number of anilines is 2. The highest BCUT2D eigenvalue weighted by Crippen LogP contribution is 2.30. The van der Waals surface area contributed by atoms with E-state index in [2.05, 4.69) is 12.2 Å². The van der Waals surface area contributed by atoms with E-state index in [0.717, 1.165) is 41.1 Å². The van der Waals surface area contributed by atoms with E-state index in [0.29, 0.717) is 6.54 Å². The van der Waals surface area contributed by atoms with Crippen molar-refractivity contribution in [1.29, 1.82) is 0 Å². The highest BCUT2D eigenvalue weighted by molar-refractivity contribution is 5.95. The van der Waals surface area contributed by atoms with E-state index < -0.39 is 0 Å². The van der Waals surface area contributed by atoms with Gasteiger partial charge in [0.05, 0.1) is 0 Å². The van der Waals surface area contributed by atoms with Crippen molar-refractivity contribution in [2.75, 3.05) is 23.4 Å². The second kappa shape index (κ2) is 7.38. The molecule has 0 spiro atoms. The molecule has 0 saturated heterocycles. The number of amides is 2. The molecule has 1 aliphatic heterocycles. The zero-order valence-electron chi connectivity index (χ0n) is 14.5. The van der Waals surface area contributed by atoms with Crippen molar-refractivity contribution >= 4 is 23.2 Å². The number of ether oxygens (including phenoxy) is 1. The summed E-state index contributed by atoms with van der Waals surface area (Å²) >= 11 is 0. The third kappa shape index (κ3) is 3.82. The summed E-state index contributed by atoms with van der Waals surface area (Å²) < 4.78 is 5.64. The zero-order chi connectivity index (χ0) is 17.8. The van der Waals surface area contributed by atoms with Gasteiger partial charge in [-0.1, -0.05) is 25.1 Å². The number of aryl methyl sites for hydroxylation is 1. The molecule has 0 atom stereocenters. The van der Waals surface area contributed by atoms with Gasteiger partial charge in [0, 0.05) is 24.8 Å². The summed E-state index contributed by atoms with van der Waals surface area (Å²) in [5.41, 5.74) is 3.81. The lowest BCUT2D eigenvalue weighted by Crippen LogP contribution is -2.25. The Morgan fingerprint density at radius 1 is 1.20 bits per heavy atom. The van der Waals surface area contributed by atoms with Crippen LogP contribution in [0.1, 0.15) is 25.0 Å². The van der Waals surface area contributed by atoms with Gasteiger partial charge >= 0.3 is 0 Å². The molecule has 0 fully saturated rings. The van der Waals surface area contributed by atoms with Crippen LogP contribution in [0.2, 0.25) is 0 Å². The fourth-order valence-corrected chi connectivity index (χ4v) is 3.08. The van der Waals surface area contributed by atoms with E-state index in [1.165, 1.54) is 0 Å². The SMILES string of the molecule is CCc1ccccc1OCC(=O)Nc1ccc2c(c1)CCN2C(C)=O. The van der Waals surface area contributed by atoms with Crippen molar-refractivity contribution in [2.45, 2.75) is 26.7 Å². The second-order valence-electron chi connectivity index (χ2n) is 6.06. The maximum Gasteiger partial charge on any atom is 0.262 e. The Balaban J connectivity index is 1.61. The smallest absolute Gasteiger partial charge is 0.262 e. The number of rotatable bonds is 5. The van der Waals surface area contributed by atoms with Crippen LogP contribution in [0.3, 0.4) is 0 Å². The first-order valence-electron chi connectivity index (χ1n) is 8.50. The number of hydrogen-bond acceptors (Lipinski definition) is 3. The van der Waals surface area contributed by atoms with Crippen LogP contribution in [0.4, 0.5) is 11.4 Å². The molecule has 0 saturated carbocycles. The summed E-state index contributed by atoms with van der Waals surface area (Å²) in [5, 5.41) is 2.86. The number of hydrogen-bond donors (Lipinski definition) is 1. The number of carbonyl (C=O) groups excluding carboxylic acids is 2. The summed E-state index contributed by atoms with van der Waals surface area (Å²) in [4.78, 5) is 25.5. The fourth-order valence-electron chi connectivity index (χ4n) is 3.08. The maximum absolute atomic E-state index is 12.2. The van der Waals surface area contributed by atoms with Crippen molar-refractivity contribution in [3.8, 4) is 5.75 Å². The molecule has 3 rings (SSSR count). The van der Waals surface area contributed by atoms with Crippen LogP contribution in [0.25, 0.3) is 0 Å². The van der Waals surface area contributed by atoms with Crippen LogP contribution >= 0.6 is 0 Å². The van der Waals surface area contributed by atoms with E-state index in [9.17, 15) is 9.59 Å². The van der Waals surface area contributed by atoms with Gasteiger partial charge in [0.15, 0.2) is 6.61 Å². The normalized spacial score (nSPS) is 12.6. The first kappa shape index (κ1) is 17.0. The van der Waals surface area contributed by atoms with E-state index in [4.69, 9.17) is 4.74 Å². The molecule has 1 N–H and O–H groups in total. The van der Waals surface area contributed by atoms with Gasteiger partial charge in [-0.15, -0.1) is 0 Å². The minimum atomic E-state index is -0.202. The highest BCUT2D eigenvalue weighted by atomic mass is 16.5. The summed E-state index contributed by atoms with van der Waals surface area (Å²) in [6.07, 6.45) is 1.66. The molecule has 0 unspecified atom stereocenters. The molecule has 0 radical (unpaired) electrons. The zero-order valence-corrected chi connectivity index (χ0v) is 14.5. The monoisotopic (exact) mass is 338 g/mol. The van der Waals surface area contributed by atoms with Crippen LogP contribution < -0.4 is 15.0 Å². The topological polar surface area (TPSA) is 58.6 Å². The number of para-hydroxylation sites is 1. The average Bonchev–Trinajstić information content (AvgIpc) is 3.03. The predicted octanol–water partition coefficient (Wildman–Crippen LogP) is 3.18. The third-order valence-electron chi connectivity index (χ3n) is 4.35. The Morgan fingerprint density at radius 3 is 2.76 bits per heavy atom. The quantitative estimate of drug-likeness (QED) is 0.911. The largest absolute Gasteiger partial charge is 0.483 e. The van der Waals surface area contributed by atoms with Gasteiger partial charge in [0.1, 0.15) is 5.75 Å². The second-order valence-corrected chi connectivity index (χ2v) is 6.06. The van der Waals surface area contributed by atoms with Gasteiger partial charge in [-0.2, -0.15) is 0 Å². The van der Waals surface area contributed by atoms with Crippen molar-refractivity contribution in [1.82, 2.24) is 0 Å². The van der Waals surface area contributed by atoms with Gasteiger partial charge in [-0.05, 0) is 48.2 Å². The van der Waals surface area contributed by atoms with E-state index >= 15 is 0 Å². The van der Waals surface area contributed by atoms with Gasteiger partial charge < -0.3 is 15.0 Å². The predicted molar refractivity (Wildman–Crippen MR) is 98.1 cm³/mol. The molecule has 5 nitrogen and oxygen atoms in total. The molecule has 130 valence electrons. The molecule has 0 aromatic heterocycles. The van der Waals surface area contributed by atoms with Crippen molar-refractivity contribution in [2.24, 2.45) is 0 Å². The van der Waals surface area contributed by atoms with Crippen LogP contribution in [-0.2, 0) is 22.4 Å². The minimum absolute atomic E-state index is 0.0341. The van der Waals surface area contributed by atoms with Gasteiger partial charge in [0.2, 0.25) is 5.91 Å². The van der Waals surface area contributed by atoms with Crippen LogP contribution in [0.15, 0.2) is 42.5 Å². The maximum atomic E-state index is 12.2. The molecule has 1 aliphatic rings. The number of benzene rings is 2. The molecular formula is C20H22N2O3. The lowest BCUT2D eigenvalue weighted by atomic mass is 10.1. The molecule has 2 amide bonds. The number of nitrogens with one attached hydrogen (secondary N) is 1. The average molecular weight is 338 g/mol. The summed E-state index contributed by atoms with van der Waals surface area (Å²) in [7, 11) is 0. The highest BCUT2D eigenvalue weighted by Gasteiger charge is 2.22. The van der Waals surface area contributed by atoms with Crippen molar-refractivity contribution in [3.63, 3.8) is 0 Å². The van der Waals surface area contributed by atoms with Crippen LogP contribution in [-0.4, -0.2) is 25.0 Å². The van der Waals surface area contributed by atoms with Gasteiger partial charge in [-0.25, -0.2) is 0 Å². The Kier molecular flexibility index (Phi) is 5.03. The number of fused-ring (bicyclic) bond motifs is 1. The molecular weight excluding hydrogens is 316 g/mol. The van der Waals surface area contributed by atoms with Crippen molar-refractivity contribution in [3.05, 3.63) is 53.6 Å². The summed E-state index contributed by atoms with van der Waals surface area (Å²) in [5.74, 6) is 0.581. The molecule has 5 heteroatoms. The lowest BCUT2D eigenvalue weighted by Gasteiger charge is -2.15. The third-order valence-corrected chi connectivity index (χ3v) is 4.35. The Morgan fingerprint density at radius 2 is 2.00 bits per heavy atom. The molecule has 0 bridgehead atoms. The Labute approximate surface area is 147 Å². The molecule has 2 aromatic rings. The molecule has 1 heterocycles. The molecule has 0 aliphatic carbocycles. The fraction of sp³-hybridized carbons (Fsp3) is 0.300. The van der Waals surface area contributed by atoms with Crippen molar-refractivity contribution < 1.29 is 14.3 Å². The van der Waals surface area contributed by atoms with Gasteiger partial charge in [-0.3, -0.25) is 9.59 Å². The number of carbonyl (C=O) groups is 2. The summed E-state index contributed by atoms with van der Waals surface area (Å²) in [6.45, 7) is 4.28. The van der Waals surface area contributed by atoms with Crippen LogP contribution in [0, 0.1) is 0 Å².